The molecule has 7 nitrogen and oxygen atoms in total. The third kappa shape index (κ3) is 6.67. The second kappa shape index (κ2) is 10.7. The van der Waals surface area contributed by atoms with Crippen LogP contribution in [0.15, 0.2) is 34.9 Å². The Hall–Kier alpha value is -2.41. The highest BCUT2D eigenvalue weighted by molar-refractivity contribution is 5.93. The van der Waals surface area contributed by atoms with Crippen LogP contribution in [0.5, 0.6) is 0 Å². The lowest BCUT2D eigenvalue weighted by molar-refractivity contribution is -0.143. The SMILES string of the molecule is C=CC(=O)OC(CC)C(C(=O)O)=C(CC1CO1)C(CCCC)=C(C)C(=O)O. The molecule has 1 aliphatic heterocycles. The molecule has 0 spiro atoms. The highest BCUT2D eigenvalue weighted by atomic mass is 16.6. The molecular weight excluding hydrogens is 352 g/mol. The van der Waals surface area contributed by atoms with Crippen molar-refractivity contribution in [2.75, 3.05) is 6.61 Å². The summed E-state index contributed by atoms with van der Waals surface area (Å²) in [7, 11) is 0. The van der Waals surface area contributed by atoms with Gasteiger partial charge < -0.3 is 19.7 Å². The van der Waals surface area contributed by atoms with E-state index >= 15 is 0 Å². The van der Waals surface area contributed by atoms with E-state index in [2.05, 4.69) is 6.58 Å². The molecule has 2 atom stereocenters. The van der Waals surface area contributed by atoms with E-state index < -0.39 is 24.0 Å². The van der Waals surface area contributed by atoms with Crippen LogP contribution in [0.4, 0.5) is 0 Å². The van der Waals surface area contributed by atoms with E-state index in [9.17, 15) is 24.6 Å². The maximum Gasteiger partial charge on any atom is 0.335 e. The van der Waals surface area contributed by atoms with Crippen molar-refractivity contribution in [1.82, 2.24) is 0 Å². The number of carboxylic acids is 2. The van der Waals surface area contributed by atoms with Crippen molar-refractivity contribution in [3.63, 3.8) is 0 Å². The average molecular weight is 380 g/mol. The van der Waals surface area contributed by atoms with Crippen LogP contribution in [0.3, 0.4) is 0 Å². The number of ether oxygens (including phenoxy) is 2. The summed E-state index contributed by atoms with van der Waals surface area (Å²) in [6, 6.07) is 0. The van der Waals surface area contributed by atoms with E-state index in [0.29, 0.717) is 30.6 Å². The minimum atomic E-state index is -1.23. The topological polar surface area (TPSA) is 113 Å². The molecular formula is C20H28O7. The molecule has 1 aliphatic rings. The number of carbonyl (C=O) groups excluding carboxylic acids is 1. The molecule has 0 amide bonds. The van der Waals surface area contributed by atoms with Gasteiger partial charge in [-0.15, -0.1) is 0 Å². The molecule has 0 aromatic rings. The zero-order valence-corrected chi connectivity index (χ0v) is 16.1. The van der Waals surface area contributed by atoms with Crippen LogP contribution in [0.1, 0.15) is 52.9 Å². The van der Waals surface area contributed by atoms with Gasteiger partial charge in [0.1, 0.15) is 6.10 Å². The van der Waals surface area contributed by atoms with E-state index in [1.165, 1.54) is 6.92 Å². The van der Waals surface area contributed by atoms with Gasteiger partial charge in [0.2, 0.25) is 0 Å². The average Bonchev–Trinajstić information content (AvgIpc) is 3.44. The Kier molecular flexibility index (Phi) is 8.94. The van der Waals surface area contributed by atoms with Crippen LogP contribution in [-0.2, 0) is 23.9 Å². The van der Waals surface area contributed by atoms with Gasteiger partial charge in [0.25, 0.3) is 0 Å². The number of allylic oxidation sites excluding steroid dienone is 1. The first-order chi connectivity index (χ1) is 12.8. The molecule has 0 radical (unpaired) electrons. The van der Waals surface area contributed by atoms with Crippen molar-refractivity contribution >= 4 is 17.9 Å². The van der Waals surface area contributed by atoms with Gasteiger partial charge in [-0.2, -0.15) is 0 Å². The first-order valence-corrected chi connectivity index (χ1v) is 9.11. The molecule has 7 heteroatoms. The lowest BCUT2D eigenvalue weighted by Gasteiger charge is -2.23. The minimum Gasteiger partial charge on any atom is -0.478 e. The van der Waals surface area contributed by atoms with Gasteiger partial charge in [0.15, 0.2) is 0 Å². The summed E-state index contributed by atoms with van der Waals surface area (Å²) < 4.78 is 10.5. The Morgan fingerprint density at radius 1 is 1.22 bits per heavy atom. The second-order valence-electron chi connectivity index (χ2n) is 6.41. The molecule has 1 rings (SSSR count). The van der Waals surface area contributed by atoms with Crippen LogP contribution >= 0.6 is 0 Å². The third-order valence-electron chi connectivity index (χ3n) is 4.43. The molecule has 1 fully saturated rings. The van der Waals surface area contributed by atoms with E-state index in [-0.39, 0.29) is 30.1 Å². The maximum atomic E-state index is 12.1. The summed E-state index contributed by atoms with van der Waals surface area (Å²) in [4.78, 5) is 35.4. The van der Waals surface area contributed by atoms with Crippen molar-refractivity contribution in [3.8, 4) is 0 Å². The van der Waals surface area contributed by atoms with Crippen molar-refractivity contribution < 1.29 is 34.1 Å². The van der Waals surface area contributed by atoms with Crippen molar-refractivity contribution in [2.45, 2.75) is 65.1 Å². The fourth-order valence-electron chi connectivity index (χ4n) is 2.85. The van der Waals surface area contributed by atoms with E-state index in [0.717, 1.165) is 12.5 Å². The van der Waals surface area contributed by atoms with Gasteiger partial charge in [0.05, 0.1) is 18.3 Å². The van der Waals surface area contributed by atoms with Gasteiger partial charge in [0, 0.05) is 18.1 Å². The number of hydrogen-bond acceptors (Lipinski definition) is 5. The summed E-state index contributed by atoms with van der Waals surface area (Å²) in [6.07, 6.45) is 2.30. The van der Waals surface area contributed by atoms with Crippen molar-refractivity contribution in [1.29, 1.82) is 0 Å². The van der Waals surface area contributed by atoms with Gasteiger partial charge in [-0.25, -0.2) is 14.4 Å². The molecule has 0 aromatic heterocycles. The molecule has 27 heavy (non-hydrogen) atoms. The summed E-state index contributed by atoms with van der Waals surface area (Å²) >= 11 is 0. The molecule has 2 unspecified atom stereocenters. The molecule has 0 bridgehead atoms. The number of carboxylic acid groups (broad SMARTS) is 2. The van der Waals surface area contributed by atoms with Gasteiger partial charge in [-0.05, 0) is 37.3 Å². The predicted octanol–water partition coefficient (Wildman–Crippen LogP) is 3.26. The fourth-order valence-corrected chi connectivity index (χ4v) is 2.85. The molecule has 1 heterocycles. The second-order valence-corrected chi connectivity index (χ2v) is 6.41. The maximum absolute atomic E-state index is 12.1. The summed E-state index contributed by atoms with van der Waals surface area (Å²) in [6.45, 7) is 8.97. The predicted molar refractivity (Wildman–Crippen MR) is 99.2 cm³/mol. The monoisotopic (exact) mass is 380 g/mol. The lowest BCUT2D eigenvalue weighted by atomic mass is 9.86. The highest BCUT2D eigenvalue weighted by Gasteiger charge is 2.33. The molecule has 2 N–H and O–H groups in total. The smallest absolute Gasteiger partial charge is 0.335 e. The number of rotatable bonds is 12. The van der Waals surface area contributed by atoms with Crippen LogP contribution in [0.2, 0.25) is 0 Å². The Morgan fingerprint density at radius 2 is 1.85 bits per heavy atom. The number of unbranched alkanes of at least 4 members (excludes halogenated alkanes) is 1. The number of epoxide rings is 1. The summed E-state index contributed by atoms with van der Waals surface area (Å²) in [5.74, 6) is -3.06. The van der Waals surface area contributed by atoms with Crippen LogP contribution in [0, 0.1) is 0 Å². The Morgan fingerprint density at radius 3 is 2.26 bits per heavy atom. The molecule has 0 aliphatic carbocycles. The standard InChI is InChI=1S/C20H28O7/c1-5-8-9-14(12(4)19(22)23)15(10-13-11-26-13)18(20(24)25)16(6-2)27-17(21)7-3/h7,13,16H,3,5-6,8-11H2,1-2,4H3,(H,22,23)(H,24,25). The Balaban J connectivity index is 3.59. The molecule has 1 saturated heterocycles. The minimum absolute atomic E-state index is 0.0881. The van der Waals surface area contributed by atoms with Gasteiger partial charge >= 0.3 is 17.9 Å². The van der Waals surface area contributed by atoms with Crippen LogP contribution in [0.25, 0.3) is 0 Å². The van der Waals surface area contributed by atoms with Gasteiger partial charge in [-0.3, -0.25) is 0 Å². The summed E-state index contributed by atoms with van der Waals surface area (Å²) in [5.41, 5.74) is 0.880. The van der Waals surface area contributed by atoms with Crippen molar-refractivity contribution in [2.24, 2.45) is 0 Å². The number of hydrogen-bond donors (Lipinski definition) is 2. The fraction of sp³-hybridized carbons (Fsp3) is 0.550. The van der Waals surface area contributed by atoms with E-state index in [4.69, 9.17) is 9.47 Å². The highest BCUT2D eigenvalue weighted by Crippen LogP contribution is 2.34. The van der Waals surface area contributed by atoms with Crippen LogP contribution in [-0.4, -0.2) is 46.9 Å². The lowest BCUT2D eigenvalue weighted by Crippen LogP contribution is -2.26. The zero-order chi connectivity index (χ0) is 20.6. The Bertz CT molecular complexity index is 653. The van der Waals surface area contributed by atoms with Crippen molar-refractivity contribution in [3.05, 3.63) is 34.9 Å². The third-order valence-corrected chi connectivity index (χ3v) is 4.43. The van der Waals surface area contributed by atoms with Crippen LogP contribution < -0.4 is 0 Å². The zero-order valence-electron chi connectivity index (χ0n) is 16.1. The van der Waals surface area contributed by atoms with E-state index in [1.54, 1.807) is 6.92 Å². The molecule has 0 saturated carbocycles. The van der Waals surface area contributed by atoms with E-state index in [1.807, 2.05) is 6.92 Å². The number of esters is 1. The number of aliphatic carboxylic acids is 2. The number of carbonyl (C=O) groups is 3. The summed E-state index contributed by atoms with van der Waals surface area (Å²) in [5, 5.41) is 19.4. The quantitative estimate of drug-likeness (QED) is 0.231. The molecule has 0 aromatic carbocycles. The first-order valence-electron chi connectivity index (χ1n) is 9.11. The van der Waals surface area contributed by atoms with Gasteiger partial charge in [-0.1, -0.05) is 26.8 Å². The normalized spacial score (nSPS) is 18.7. The largest absolute Gasteiger partial charge is 0.478 e. The Labute approximate surface area is 159 Å². The first kappa shape index (κ1) is 22.6. The molecule has 150 valence electrons.